The van der Waals surface area contributed by atoms with Gasteiger partial charge in [-0.3, -0.25) is 14.7 Å². The van der Waals surface area contributed by atoms with Crippen molar-refractivity contribution in [2.75, 3.05) is 26.2 Å². The van der Waals surface area contributed by atoms with E-state index in [1.807, 2.05) is 24.1 Å². The lowest BCUT2D eigenvalue weighted by Crippen LogP contribution is -2.49. The van der Waals surface area contributed by atoms with Crippen LogP contribution in [-0.2, 0) is 11.3 Å². The Bertz CT molecular complexity index is 672. The number of amides is 1. The Morgan fingerprint density at radius 1 is 1.17 bits per heavy atom. The summed E-state index contributed by atoms with van der Waals surface area (Å²) >= 11 is 0. The number of piperazine rings is 1. The van der Waals surface area contributed by atoms with Gasteiger partial charge in [0.2, 0.25) is 5.91 Å². The summed E-state index contributed by atoms with van der Waals surface area (Å²) in [5.41, 5.74) is 2.36. The van der Waals surface area contributed by atoms with Gasteiger partial charge >= 0.3 is 0 Å². The lowest BCUT2D eigenvalue weighted by molar-refractivity contribution is -0.136. The van der Waals surface area contributed by atoms with Gasteiger partial charge in [0.1, 0.15) is 0 Å². The second-order valence-electron chi connectivity index (χ2n) is 6.40. The van der Waals surface area contributed by atoms with E-state index in [4.69, 9.17) is 0 Å². The Kier molecular flexibility index (Phi) is 4.91. The van der Waals surface area contributed by atoms with Gasteiger partial charge < -0.3 is 4.90 Å². The third-order valence-corrected chi connectivity index (χ3v) is 4.83. The molecule has 4 heteroatoms. The molecular weight excluding hydrogens is 286 g/mol. The van der Waals surface area contributed by atoms with Crippen LogP contribution in [0.2, 0.25) is 0 Å². The van der Waals surface area contributed by atoms with Crippen LogP contribution in [0, 0.1) is 5.92 Å². The predicted octanol–water partition coefficient (Wildman–Crippen LogP) is 2.93. The highest BCUT2D eigenvalue weighted by atomic mass is 16.2. The number of para-hydroxylation sites is 1. The van der Waals surface area contributed by atoms with E-state index < -0.39 is 0 Å². The van der Waals surface area contributed by atoms with Crippen LogP contribution in [0.15, 0.2) is 36.5 Å². The third-order valence-electron chi connectivity index (χ3n) is 4.83. The van der Waals surface area contributed by atoms with E-state index in [-0.39, 0.29) is 5.92 Å². The Hall–Kier alpha value is -1.94. The second kappa shape index (κ2) is 7.09. The molecule has 0 N–H and O–H groups in total. The first kappa shape index (κ1) is 15.9. The van der Waals surface area contributed by atoms with Crippen LogP contribution in [0.3, 0.4) is 0 Å². The van der Waals surface area contributed by atoms with E-state index in [0.717, 1.165) is 44.7 Å². The summed E-state index contributed by atoms with van der Waals surface area (Å²) in [6.07, 6.45) is 2.77. The number of hydrogen-bond donors (Lipinski definition) is 0. The smallest absolute Gasteiger partial charge is 0.225 e. The predicted molar refractivity (Wildman–Crippen MR) is 93.1 cm³/mol. The van der Waals surface area contributed by atoms with E-state index in [1.165, 1.54) is 10.9 Å². The molecule has 1 atom stereocenters. The zero-order valence-corrected chi connectivity index (χ0v) is 14.0. The van der Waals surface area contributed by atoms with Gasteiger partial charge in [0.15, 0.2) is 0 Å². The maximum Gasteiger partial charge on any atom is 0.225 e. The largest absolute Gasteiger partial charge is 0.340 e. The molecule has 0 spiro atoms. The average molecular weight is 311 g/mol. The van der Waals surface area contributed by atoms with E-state index >= 15 is 0 Å². The van der Waals surface area contributed by atoms with Crippen molar-refractivity contribution in [1.29, 1.82) is 0 Å². The van der Waals surface area contributed by atoms with Gasteiger partial charge in [0.25, 0.3) is 0 Å². The highest BCUT2D eigenvalue weighted by Gasteiger charge is 2.24. The number of benzene rings is 1. The van der Waals surface area contributed by atoms with Gasteiger partial charge in [-0.2, -0.15) is 0 Å². The summed E-state index contributed by atoms with van der Waals surface area (Å²) in [6.45, 7) is 8.54. The molecule has 3 rings (SSSR count). The lowest BCUT2D eigenvalue weighted by atomic mass is 10.1. The summed E-state index contributed by atoms with van der Waals surface area (Å²) in [5.74, 6) is 0.447. The molecule has 1 aliphatic heterocycles. The van der Waals surface area contributed by atoms with E-state index in [0.29, 0.717) is 5.91 Å². The number of pyridine rings is 1. The van der Waals surface area contributed by atoms with Crippen molar-refractivity contribution >= 4 is 16.8 Å². The zero-order valence-electron chi connectivity index (χ0n) is 14.0. The van der Waals surface area contributed by atoms with Gasteiger partial charge in [-0.1, -0.05) is 38.1 Å². The normalized spacial score (nSPS) is 17.4. The van der Waals surface area contributed by atoms with Gasteiger partial charge in [0.05, 0.1) is 5.52 Å². The molecule has 4 nitrogen and oxygen atoms in total. The number of rotatable bonds is 4. The number of carbonyl (C=O) groups is 1. The van der Waals surface area contributed by atoms with Crippen LogP contribution < -0.4 is 0 Å². The summed E-state index contributed by atoms with van der Waals surface area (Å²) in [5, 5.41) is 1.19. The molecule has 0 saturated carbocycles. The van der Waals surface area contributed by atoms with Crippen LogP contribution in [-0.4, -0.2) is 46.9 Å². The second-order valence-corrected chi connectivity index (χ2v) is 6.40. The molecule has 122 valence electrons. The number of nitrogens with zero attached hydrogens (tertiary/aromatic N) is 3. The van der Waals surface area contributed by atoms with Crippen molar-refractivity contribution in [3.63, 3.8) is 0 Å². The molecule has 1 fully saturated rings. The number of fused-ring (bicyclic) bond motifs is 1. The Morgan fingerprint density at radius 3 is 2.65 bits per heavy atom. The van der Waals surface area contributed by atoms with Crippen molar-refractivity contribution in [1.82, 2.24) is 14.8 Å². The maximum absolute atomic E-state index is 12.3. The monoisotopic (exact) mass is 311 g/mol. The van der Waals surface area contributed by atoms with Crippen molar-refractivity contribution in [3.8, 4) is 0 Å². The molecule has 0 bridgehead atoms. The fourth-order valence-electron chi connectivity index (χ4n) is 3.15. The molecule has 0 radical (unpaired) electrons. The first-order valence-corrected chi connectivity index (χ1v) is 8.52. The molecule has 1 aromatic heterocycles. The molecule has 0 aliphatic carbocycles. The number of aromatic nitrogens is 1. The molecule has 1 aliphatic rings. The Balaban J connectivity index is 1.63. The maximum atomic E-state index is 12.3. The lowest BCUT2D eigenvalue weighted by Gasteiger charge is -2.36. The van der Waals surface area contributed by atoms with Crippen LogP contribution in [0.1, 0.15) is 25.8 Å². The van der Waals surface area contributed by atoms with Crippen LogP contribution >= 0.6 is 0 Å². The van der Waals surface area contributed by atoms with E-state index in [9.17, 15) is 4.79 Å². The number of carbonyl (C=O) groups excluding carboxylic acids is 1. The molecular formula is C19H25N3O. The summed E-state index contributed by atoms with van der Waals surface area (Å²) in [6, 6.07) is 10.4. The quantitative estimate of drug-likeness (QED) is 0.871. The Morgan fingerprint density at radius 2 is 1.91 bits per heavy atom. The van der Waals surface area contributed by atoms with Crippen LogP contribution in [0.25, 0.3) is 10.9 Å². The summed E-state index contributed by atoms with van der Waals surface area (Å²) < 4.78 is 0. The standard InChI is InChI=1S/C19H25N3O/c1-3-15(2)19(23)22-12-10-21(11-13-22)14-17-7-4-6-16-8-5-9-20-18(16)17/h4-9,15H,3,10-14H2,1-2H3. The van der Waals surface area contributed by atoms with Crippen molar-refractivity contribution in [3.05, 3.63) is 42.1 Å². The van der Waals surface area contributed by atoms with E-state index in [1.54, 1.807) is 0 Å². The highest BCUT2D eigenvalue weighted by molar-refractivity contribution is 5.81. The minimum absolute atomic E-state index is 0.142. The molecule has 1 unspecified atom stereocenters. The molecule has 1 aromatic carbocycles. The van der Waals surface area contributed by atoms with Crippen molar-refractivity contribution in [2.24, 2.45) is 5.92 Å². The van der Waals surface area contributed by atoms with Crippen LogP contribution in [0.5, 0.6) is 0 Å². The molecule has 1 amide bonds. The first-order valence-electron chi connectivity index (χ1n) is 8.52. The summed E-state index contributed by atoms with van der Waals surface area (Å²) in [7, 11) is 0. The minimum atomic E-state index is 0.142. The van der Waals surface area contributed by atoms with Crippen molar-refractivity contribution < 1.29 is 4.79 Å². The fourth-order valence-corrected chi connectivity index (χ4v) is 3.15. The van der Waals surface area contributed by atoms with Crippen molar-refractivity contribution in [2.45, 2.75) is 26.8 Å². The average Bonchev–Trinajstić information content (AvgIpc) is 2.61. The third kappa shape index (κ3) is 3.53. The molecule has 2 heterocycles. The molecule has 2 aromatic rings. The number of hydrogen-bond acceptors (Lipinski definition) is 3. The zero-order chi connectivity index (χ0) is 16.2. The topological polar surface area (TPSA) is 36.4 Å². The summed E-state index contributed by atoms with van der Waals surface area (Å²) in [4.78, 5) is 21.2. The fraction of sp³-hybridized carbons (Fsp3) is 0.474. The van der Waals surface area contributed by atoms with Gasteiger partial charge in [-0.05, 0) is 18.1 Å². The highest BCUT2D eigenvalue weighted by Crippen LogP contribution is 2.19. The first-order chi connectivity index (χ1) is 11.2. The molecule has 1 saturated heterocycles. The minimum Gasteiger partial charge on any atom is -0.340 e. The van der Waals surface area contributed by atoms with Crippen LogP contribution in [0.4, 0.5) is 0 Å². The van der Waals surface area contributed by atoms with Gasteiger partial charge in [-0.15, -0.1) is 0 Å². The molecule has 23 heavy (non-hydrogen) atoms. The van der Waals surface area contributed by atoms with E-state index in [2.05, 4.69) is 41.1 Å². The van der Waals surface area contributed by atoms with Gasteiger partial charge in [0, 0.05) is 50.2 Å². The SMILES string of the molecule is CCC(C)C(=O)N1CCN(Cc2cccc3cccnc23)CC1. The van der Waals surface area contributed by atoms with Gasteiger partial charge in [-0.25, -0.2) is 0 Å². The Labute approximate surface area is 138 Å².